The molecule has 0 spiro atoms. The molecule has 0 aliphatic carbocycles. The summed E-state index contributed by atoms with van der Waals surface area (Å²) < 4.78 is 1.09. The summed E-state index contributed by atoms with van der Waals surface area (Å²) in [6, 6.07) is 8.06. The van der Waals surface area contributed by atoms with E-state index in [2.05, 4.69) is 33.9 Å². The molecule has 4 heteroatoms. The van der Waals surface area contributed by atoms with Crippen LogP contribution in [0.3, 0.4) is 0 Å². The van der Waals surface area contributed by atoms with E-state index in [1.807, 2.05) is 25.1 Å². The molecule has 1 unspecified atom stereocenters. The van der Waals surface area contributed by atoms with Crippen LogP contribution >= 0.6 is 27.7 Å². The number of hydrogen-bond acceptors (Lipinski definition) is 2. The number of hydrogen-bond donors (Lipinski definition) is 1. The number of rotatable bonds is 6. The van der Waals surface area contributed by atoms with Gasteiger partial charge in [-0.1, -0.05) is 40.2 Å². The molecular weight excluding hydrogens is 298 g/mol. The Bertz CT molecular complexity index is 395. The van der Waals surface area contributed by atoms with E-state index in [1.165, 1.54) is 5.56 Å². The van der Waals surface area contributed by atoms with E-state index in [0.29, 0.717) is 6.54 Å². The van der Waals surface area contributed by atoms with Gasteiger partial charge in [-0.15, -0.1) is 18.3 Å². The Morgan fingerprint density at radius 1 is 1.59 bits per heavy atom. The van der Waals surface area contributed by atoms with Crippen molar-refractivity contribution in [2.45, 2.75) is 17.9 Å². The lowest BCUT2D eigenvalue weighted by Crippen LogP contribution is -2.30. The lowest BCUT2D eigenvalue weighted by Gasteiger charge is -2.11. The zero-order chi connectivity index (χ0) is 12.7. The van der Waals surface area contributed by atoms with E-state index in [-0.39, 0.29) is 11.2 Å². The Hall–Kier alpha value is -0.740. The predicted octanol–water partition coefficient (Wildman–Crippen LogP) is 3.37. The third-order valence-electron chi connectivity index (χ3n) is 2.24. The fourth-order valence-electron chi connectivity index (χ4n) is 1.22. The molecule has 0 saturated heterocycles. The summed E-state index contributed by atoms with van der Waals surface area (Å²) in [5.74, 6) is 0.881. The maximum atomic E-state index is 11.6. The molecule has 17 heavy (non-hydrogen) atoms. The van der Waals surface area contributed by atoms with Gasteiger partial charge in [-0.2, -0.15) is 0 Å². The minimum Gasteiger partial charge on any atom is -0.352 e. The van der Waals surface area contributed by atoms with Crippen LogP contribution in [-0.2, 0) is 10.5 Å². The largest absolute Gasteiger partial charge is 0.352 e. The van der Waals surface area contributed by atoms with Crippen LogP contribution in [0.1, 0.15) is 12.5 Å². The molecule has 0 aliphatic rings. The number of halogens is 1. The van der Waals surface area contributed by atoms with Crippen molar-refractivity contribution in [1.82, 2.24) is 5.32 Å². The number of carbonyl (C=O) groups excluding carboxylic acids is 1. The van der Waals surface area contributed by atoms with Crippen LogP contribution in [0.25, 0.3) is 0 Å². The van der Waals surface area contributed by atoms with Gasteiger partial charge in [0.2, 0.25) is 5.91 Å². The van der Waals surface area contributed by atoms with Gasteiger partial charge in [0.05, 0.1) is 5.25 Å². The third-order valence-corrected chi connectivity index (χ3v) is 4.20. The lowest BCUT2D eigenvalue weighted by atomic mass is 10.2. The van der Waals surface area contributed by atoms with Crippen molar-refractivity contribution >= 4 is 33.6 Å². The first kappa shape index (κ1) is 14.3. The maximum Gasteiger partial charge on any atom is 0.233 e. The fraction of sp³-hybridized carbons (Fsp3) is 0.308. The Kier molecular flexibility index (Phi) is 6.37. The standard InChI is InChI=1S/C13H16BrNOS/c1-3-8-15-13(16)10(2)17-9-11-6-4-5-7-12(11)14/h3-7,10H,1,8-9H2,2H3,(H,15,16). The van der Waals surface area contributed by atoms with Crippen molar-refractivity contribution in [3.05, 3.63) is 47.0 Å². The van der Waals surface area contributed by atoms with Gasteiger partial charge in [-0.3, -0.25) is 4.79 Å². The second-order valence-corrected chi connectivity index (χ2v) is 5.76. The summed E-state index contributed by atoms with van der Waals surface area (Å²) in [5.41, 5.74) is 1.21. The summed E-state index contributed by atoms with van der Waals surface area (Å²) in [6.07, 6.45) is 1.68. The average molecular weight is 314 g/mol. The molecule has 0 fully saturated rings. The molecule has 0 aliphatic heterocycles. The Morgan fingerprint density at radius 2 is 2.29 bits per heavy atom. The molecular formula is C13H16BrNOS. The summed E-state index contributed by atoms with van der Waals surface area (Å²) in [5, 5.41) is 2.74. The Labute approximate surface area is 115 Å². The van der Waals surface area contributed by atoms with Gasteiger partial charge in [0, 0.05) is 16.8 Å². The molecule has 0 radical (unpaired) electrons. The van der Waals surface area contributed by atoms with Crippen LogP contribution in [0.15, 0.2) is 41.4 Å². The quantitative estimate of drug-likeness (QED) is 0.816. The molecule has 1 atom stereocenters. The lowest BCUT2D eigenvalue weighted by molar-refractivity contribution is -0.120. The van der Waals surface area contributed by atoms with Crippen molar-refractivity contribution in [2.75, 3.05) is 6.54 Å². The summed E-state index contributed by atoms with van der Waals surface area (Å²) in [6.45, 7) is 6.01. The summed E-state index contributed by atoms with van der Waals surface area (Å²) in [4.78, 5) is 11.6. The van der Waals surface area contributed by atoms with Gasteiger partial charge in [0.15, 0.2) is 0 Å². The Balaban J connectivity index is 2.42. The van der Waals surface area contributed by atoms with Crippen LogP contribution in [0.5, 0.6) is 0 Å². The molecule has 1 N–H and O–H groups in total. The fourth-order valence-corrected chi connectivity index (χ4v) is 2.75. The smallest absolute Gasteiger partial charge is 0.233 e. The van der Waals surface area contributed by atoms with Crippen molar-refractivity contribution in [2.24, 2.45) is 0 Å². The van der Waals surface area contributed by atoms with E-state index < -0.39 is 0 Å². The average Bonchev–Trinajstić information content (AvgIpc) is 2.34. The molecule has 1 aromatic rings. The maximum absolute atomic E-state index is 11.6. The predicted molar refractivity (Wildman–Crippen MR) is 78.1 cm³/mol. The van der Waals surface area contributed by atoms with Crippen molar-refractivity contribution in [3.8, 4) is 0 Å². The van der Waals surface area contributed by atoms with Crippen LogP contribution in [0, 0.1) is 0 Å². The topological polar surface area (TPSA) is 29.1 Å². The molecule has 0 bridgehead atoms. The highest BCUT2D eigenvalue weighted by atomic mass is 79.9. The van der Waals surface area contributed by atoms with Crippen molar-refractivity contribution < 1.29 is 4.79 Å². The molecule has 0 aromatic heterocycles. The van der Waals surface area contributed by atoms with Crippen LogP contribution in [-0.4, -0.2) is 17.7 Å². The first-order valence-corrected chi connectivity index (χ1v) is 7.23. The molecule has 1 amide bonds. The second kappa shape index (κ2) is 7.56. The number of nitrogens with one attached hydrogen (secondary N) is 1. The van der Waals surface area contributed by atoms with Crippen molar-refractivity contribution in [3.63, 3.8) is 0 Å². The van der Waals surface area contributed by atoms with E-state index in [4.69, 9.17) is 0 Å². The first-order valence-electron chi connectivity index (χ1n) is 5.38. The number of carbonyl (C=O) groups is 1. The van der Waals surface area contributed by atoms with Gasteiger partial charge >= 0.3 is 0 Å². The monoisotopic (exact) mass is 313 g/mol. The van der Waals surface area contributed by atoms with Crippen molar-refractivity contribution in [1.29, 1.82) is 0 Å². The third kappa shape index (κ3) is 4.96. The zero-order valence-corrected chi connectivity index (χ0v) is 12.2. The summed E-state index contributed by atoms with van der Waals surface area (Å²) >= 11 is 5.12. The molecule has 0 saturated carbocycles. The normalized spacial score (nSPS) is 11.9. The van der Waals surface area contributed by atoms with Gasteiger partial charge in [0.1, 0.15) is 0 Å². The zero-order valence-electron chi connectivity index (χ0n) is 9.78. The van der Waals surface area contributed by atoms with Crippen LogP contribution in [0.2, 0.25) is 0 Å². The molecule has 0 heterocycles. The van der Waals surface area contributed by atoms with E-state index in [0.717, 1.165) is 10.2 Å². The summed E-state index contributed by atoms with van der Waals surface area (Å²) in [7, 11) is 0. The molecule has 92 valence electrons. The second-order valence-electron chi connectivity index (χ2n) is 3.58. The van der Waals surface area contributed by atoms with E-state index in [9.17, 15) is 4.79 Å². The van der Waals surface area contributed by atoms with Crippen LogP contribution in [0.4, 0.5) is 0 Å². The van der Waals surface area contributed by atoms with E-state index in [1.54, 1.807) is 17.8 Å². The minimum absolute atomic E-state index is 0.0537. The van der Waals surface area contributed by atoms with Gasteiger partial charge < -0.3 is 5.32 Å². The van der Waals surface area contributed by atoms with Crippen LogP contribution < -0.4 is 5.32 Å². The number of thioether (sulfide) groups is 1. The van der Waals surface area contributed by atoms with E-state index >= 15 is 0 Å². The molecule has 2 nitrogen and oxygen atoms in total. The highest BCUT2D eigenvalue weighted by molar-refractivity contribution is 9.10. The van der Waals surface area contributed by atoms with Gasteiger partial charge in [0.25, 0.3) is 0 Å². The Morgan fingerprint density at radius 3 is 2.94 bits per heavy atom. The highest BCUT2D eigenvalue weighted by Gasteiger charge is 2.12. The SMILES string of the molecule is C=CCNC(=O)C(C)SCc1ccccc1Br. The van der Waals surface area contributed by atoms with Gasteiger partial charge in [-0.05, 0) is 18.6 Å². The highest BCUT2D eigenvalue weighted by Crippen LogP contribution is 2.23. The number of amides is 1. The molecule has 1 aromatic carbocycles. The minimum atomic E-state index is -0.0537. The number of benzene rings is 1. The molecule has 1 rings (SSSR count). The first-order chi connectivity index (χ1) is 8.15. The van der Waals surface area contributed by atoms with Gasteiger partial charge in [-0.25, -0.2) is 0 Å².